The average molecular weight is 377 g/mol. The minimum Gasteiger partial charge on any atom is -0.352 e. The third-order valence-electron chi connectivity index (χ3n) is 4.16. The van der Waals surface area contributed by atoms with E-state index in [4.69, 9.17) is 0 Å². The Kier molecular flexibility index (Phi) is 5.17. The Morgan fingerprint density at radius 1 is 1.24 bits per heavy atom. The van der Waals surface area contributed by atoms with Gasteiger partial charge in [-0.2, -0.15) is 0 Å². The first-order valence-electron chi connectivity index (χ1n) is 7.76. The molecule has 0 unspecified atom stereocenters. The first-order valence-corrected chi connectivity index (χ1v) is 8.64. The zero-order valence-electron chi connectivity index (χ0n) is 13.2. The molecule has 4 rings (SSSR count). The van der Waals surface area contributed by atoms with E-state index in [1.165, 1.54) is 11.3 Å². The minimum absolute atomic E-state index is 0. The number of nitrogens with zero attached hydrogens (tertiary/aromatic N) is 1. The van der Waals surface area contributed by atoms with Crippen LogP contribution in [-0.4, -0.2) is 29.0 Å². The van der Waals surface area contributed by atoms with E-state index in [-0.39, 0.29) is 29.8 Å². The lowest BCUT2D eigenvalue weighted by atomic mass is 10.0. The van der Waals surface area contributed by atoms with Gasteiger partial charge in [0.15, 0.2) is 0 Å². The highest BCUT2D eigenvalue weighted by molar-refractivity contribution is 7.17. The number of carbonyl (C=O) groups is 1. The van der Waals surface area contributed by atoms with Crippen molar-refractivity contribution in [1.29, 1.82) is 0 Å². The van der Waals surface area contributed by atoms with Gasteiger partial charge in [0.25, 0.3) is 5.56 Å². The number of nitrogens with one attached hydrogen (secondary N) is 3. The average Bonchev–Trinajstić information content (AvgIpc) is 3.01. The van der Waals surface area contributed by atoms with Crippen LogP contribution < -0.4 is 16.2 Å². The summed E-state index contributed by atoms with van der Waals surface area (Å²) in [6.45, 7) is 2.02. The van der Waals surface area contributed by atoms with Crippen molar-refractivity contribution < 1.29 is 4.79 Å². The normalized spacial score (nSPS) is 13.9. The topological polar surface area (TPSA) is 86.9 Å². The summed E-state index contributed by atoms with van der Waals surface area (Å²) >= 11 is 1.39. The molecule has 0 bridgehead atoms. The lowest BCUT2D eigenvalue weighted by molar-refractivity contribution is -0.126. The Morgan fingerprint density at radius 2 is 2.00 bits per heavy atom. The number of amides is 1. The Balaban J connectivity index is 0.00000182. The fraction of sp³-hybridized carbons (Fsp3) is 0.235. The van der Waals surface area contributed by atoms with Crippen LogP contribution in [-0.2, 0) is 11.3 Å². The molecule has 1 aromatic carbocycles. The summed E-state index contributed by atoms with van der Waals surface area (Å²) in [6, 6.07) is 9.53. The van der Waals surface area contributed by atoms with Crippen LogP contribution >= 0.6 is 23.7 Å². The monoisotopic (exact) mass is 376 g/mol. The summed E-state index contributed by atoms with van der Waals surface area (Å²) in [5.41, 5.74) is 2.46. The van der Waals surface area contributed by atoms with Gasteiger partial charge in [0.05, 0.1) is 11.4 Å². The van der Waals surface area contributed by atoms with Gasteiger partial charge in [0.1, 0.15) is 10.5 Å². The number of hydrogen-bond acceptors (Lipinski definition) is 5. The SMILES string of the molecule is Cl.O=C(NCc1ccc(-c2nc3ccsc3c(=O)[nH]2)cc1)C1CNC1. The Bertz CT molecular complexity index is 947. The Hall–Kier alpha value is -2.22. The van der Waals surface area contributed by atoms with E-state index in [2.05, 4.69) is 20.6 Å². The molecule has 8 heteroatoms. The van der Waals surface area contributed by atoms with Gasteiger partial charge in [-0.3, -0.25) is 9.59 Å². The Morgan fingerprint density at radius 3 is 2.68 bits per heavy atom. The summed E-state index contributed by atoms with van der Waals surface area (Å²) in [7, 11) is 0. The van der Waals surface area contributed by atoms with Crippen LogP contribution in [0, 0.1) is 5.92 Å². The van der Waals surface area contributed by atoms with Crippen LogP contribution in [0.1, 0.15) is 5.56 Å². The molecule has 25 heavy (non-hydrogen) atoms. The van der Waals surface area contributed by atoms with E-state index < -0.39 is 0 Å². The molecule has 1 amide bonds. The van der Waals surface area contributed by atoms with Gasteiger partial charge < -0.3 is 15.6 Å². The number of aromatic nitrogens is 2. The van der Waals surface area contributed by atoms with E-state index in [1.807, 2.05) is 35.7 Å². The molecule has 0 radical (unpaired) electrons. The van der Waals surface area contributed by atoms with Gasteiger partial charge in [-0.05, 0) is 17.0 Å². The molecule has 2 aromatic heterocycles. The van der Waals surface area contributed by atoms with Gasteiger partial charge in [-0.1, -0.05) is 24.3 Å². The zero-order valence-corrected chi connectivity index (χ0v) is 14.9. The predicted octanol–water partition coefficient (Wildman–Crippen LogP) is 1.91. The highest BCUT2D eigenvalue weighted by Crippen LogP contribution is 2.19. The smallest absolute Gasteiger partial charge is 0.269 e. The number of rotatable bonds is 4. The van der Waals surface area contributed by atoms with Gasteiger partial charge in [-0.25, -0.2) is 4.98 Å². The number of hydrogen-bond donors (Lipinski definition) is 3. The van der Waals surface area contributed by atoms with Crippen molar-refractivity contribution in [2.24, 2.45) is 5.92 Å². The second-order valence-corrected chi connectivity index (χ2v) is 6.74. The first kappa shape index (κ1) is 17.6. The van der Waals surface area contributed by atoms with Crippen molar-refractivity contribution in [2.75, 3.05) is 13.1 Å². The van der Waals surface area contributed by atoms with Crippen LogP contribution in [0.2, 0.25) is 0 Å². The first-order chi connectivity index (χ1) is 11.7. The molecule has 3 aromatic rings. The van der Waals surface area contributed by atoms with E-state index >= 15 is 0 Å². The number of thiophene rings is 1. The maximum atomic E-state index is 12.0. The highest BCUT2D eigenvalue weighted by atomic mass is 35.5. The van der Waals surface area contributed by atoms with Crippen molar-refractivity contribution in [3.8, 4) is 11.4 Å². The van der Waals surface area contributed by atoms with Crippen molar-refractivity contribution in [2.45, 2.75) is 6.54 Å². The van der Waals surface area contributed by atoms with Crippen LogP contribution in [0.25, 0.3) is 21.6 Å². The number of H-pyrrole nitrogens is 1. The second-order valence-electron chi connectivity index (χ2n) is 5.82. The number of aromatic amines is 1. The molecule has 0 saturated carbocycles. The molecular weight excluding hydrogens is 360 g/mol. The fourth-order valence-electron chi connectivity index (χ4n) is 2.60. The molecule has 0 atom stereocenters. The number of fused-ring (bicyclic) bond motifs is 1. The molecule has 0 aliphatic carbocycles. The molecule has 6 nitrogen and oxygen atoms in total. The van der Waals surface area contributed by atoms with Crippen molar-refractivity contribution in [1.82, 2.24) is 20.6 Å². The fourth-order valence-corrected chi connectivity index (χ4v) is 3.32. The van der Waals surface area contributed by atoms with E-state index in [9.17, 15) is 9.59 Å². The summed E-state index contributed by atoms with van der Waals surface area (Å²) < 4.78 is 0.642. The van der Waals surface area contributed by atoms with Gasteiger partial charge in [0, 0.05) is 25.2 Å². The third kappa shape index (κ3) is 3.58. The molecule has 1 saturated heterocycles. The van der Waals surface area contributed by atoms with E-state index in [0.717, 1.165) is 24.2 Å². The largest absolute Gasteiger partial charge is 0.352 e. The van der Waals surface area contributed by atoms with Crippen molar-refractivity contribution in [3.63, 3.8) is 0 Å². The molecule has 0 spiro atoms. The summed E-state index contributed by atoms with van der Waals surface area (Å²) in [5, 5.41) is 7.89. The molecule has 3 N–H and O–H groups in total. The van der Waals surface area contributed by atoms with Gasteiger partial charge >= 0.3 is 0 Å². The molecule has 1 aliphatic heterocycles. The van der Waals surface area contributed by atoms with Crippen LogP contribution in [0.3, 0.4) is 0 Å². The van der Waals surface area contributed by atoms with Gasteiger partial charge in [-0.15, -0.1) is 23.7 Å². The third-order valence-corrected chi connectivity index (χ3v) is 5.06. The van der Waals surface area contributed by atoms with Crippen LogP contribution in [0.15, 0.2) is 40.5 Å². The van der Waals surface area contributed by atoms with Gasteiger partial charge in [0.2, 0.25) is 5.91 Å². The molecule has 3 heterocycles. The zero-order chi connectivity index (χ0) is 16.5. The molecule has 1 fully saturated rings. The molecular formula is C17H17ClN4O2S. The summed E-state index contributed by atoms with van der Waals surface area (Å²) in [6.07, 6.45) is 0. The summed E-state index contributed by atoms with van der Waals surface area (Å²) in [4.78, 5) is 31.2. The van der Waals surface area contributed by atoms with Crippen molar-refractivity contribution in [3.05, 3.63) is 51.6 Å². The maximum absolute atomic E-state index is 12.0. The maximum Gasteiger partial charge on any atom is 0.269 e. The van der Waals surface area contributed by atoms with Crippen molar-refractivity contribution >= 4 is 39.9 Å². The molecule has 130 valence electrons. The second kappa shape index (κ2) is 7.35. The summed E-state index contributed by atoms with van der Waals surface area (Å²) in [5.74, 6) is 0.740. The van der Waals surface area contributed by atoms with Crippen LogP contribution in [0.4, 0.5) is 0 Å². The standard InChI is InChI=1S/C17H16N4O2S.ClH/c22-16(12-8-18-9-12)19-7-10-1-3-11(4-2-10)15-20-13-5-6-24-14(13)17(23)21-15;/h1-6,12,18H,7-9H2,(H,19,22)(H,20,21,23);1H. The minimum atomic E-state index is -0.115. The predicted molar refractivity (Wildman–Crippen MR) is 101 cm³/mol. The lowest BCUT2D eigenvalue weighted by Crippen LogP contribution is -2.50. The Labute approximate surface area is 154 Å². The quantitative estimate of drug-likeness (QED) is 0.649. The molecule has 1 aliphatic rings. The number of benzene rings is 1. The van der Waals surface area contributed by atoms with Crippen LogP contribution in [0.5, 0.6) is 0 Å². The number of carbonyl (C=O) groups excluding carboxylic acids is 1. The van der Waals surface area contributed by atoms with E-state index in [1.54, 1.807) is 0 Å². The van der Waals surface area contributed by atoms with E-state index in [0.29, 0.717) is 22.6 Å². The highest BCUT2D eigenvalue weighted by Gasteiger charge is 2.24. The number of halogens is 1. The lowest BCUT2D eigenvalue weighted by Gasteiger charge is -2.25.